The van der Waals surface area contributed by atoms with E-state index in [9.17, 15) is 4.79 Å². The number of carbonyl (C=O) groups is 1. The highest BCUT2D eigenvalue weighted by Crippen LogP contribution is 2.49. The Hall–Kier alpha value is -3.67. The fraction of sp³-hybridized carbons (Fsp3) is 0.269. The molecular formula is C26H28O6. The summed E-state index contributed by atoms with van der Waals surface area (Å²) in [6, 6.07) is 15.2. The van der Waals surface area contributed by atoms with Gasteiger partial charge in [-0.15, -0.1) is 0 Å². The number of para-hydroxylation sites is 1. The van der Waals surface area contributed by atoms with Gasteiger partial charge in [0, 0.05) is 17.5 Å². The lowest BCUT2D eigenvalue weighted by Crippen LogP contribution is -2.07. The van der Waals surface area contributed by atoms with Crippen LogP contribution in [0, 0.1) is 6.92 Å². The first-order valence-electron chi connectivity index (χ1n) is 10.2. The van der Waals surface area contributed by atoms with Gasteiger partial charge in [-0.25, -0.2) is 0 Å². The van der Waals surface area contributed by atoms with E-state index in [0.29, 0.717) is 47.3 Å². The van der Waals surface area contributed by atoms with Crippen LogP contribution in [-0.4, -0.2) is 34.7 Å². The third-order valence-electron chi connectivity index (χ3n) is 5.42. The van der Waals surface area contributed by atoms with Gasteiger partial charge in [0.05, 0.1) is 34.0 Å². The van der Waals surface area contributed by atoms with Gasteiger partial charge >= 0.3 is 0 Å². The second kappa shape index (κ2) is 10.6. The molecule has 0 amide bonds. The first-order chi connectivity index (χ1) is 15.6. The van der Waals surface area contributed by atoms with Crippen LogP contribution in [0.4, 0.5) is 0 Å². The Morgan fingerprint density at radius 3 is 1.91 bits per heavy atom. The SMILES string of the molecule is COc1c(C)c(Cc2ccccc2COc2ccccc2C=O)c(OC)c(OC)c1OC. The summed E-state index contributed by atoms with van der Waals surface area (Å²) in [5.74, 6) is 2.74. The second-order valence-electron chi connectivity index (χ2n) is 7.13. The van der Waals surface area contributed by atoms with Gasteiger partial charge in [0.25, 0.3) is 0 Å². The fourth-order valence-corrected chi connectivity index (χ4v) is 3.79. The third kappa shape index (κ3) is 4.49. The molecule has 0 aliphatic rings. The molecule has 168 valence electrons. The fourth-order valence-electron chi connectivity index (χ4n) is 3.79. The predicted molar refractivity (Wildman–Crippen MR) is 123 cm³/mol. The molecule has 32 heavy (non-hydrogen) atoms. The van der Waals surface area contributed by atoms with Gasteiger partial charge in [0.1, 0.15) is 12.4 Å². The van der Waals surface area contributed by atoms with Gasteiger partial charge in [-0.05, 0) is 30.2 Å². The Balaban J connectivity index is 2.00. The summed E-state index contributed by atoms with van der Waals surface area (Å²) >= 11 is 0. The molecule has 0 aliphatic carbocycles. The van der Waals surface area contributed by atoms with E-state index in [0.717, 1.165) is 28.5 Å². The molecule has 0 aliphatic heterocycles. The standard InChI is InChI=1S/C26H28O6/c1-17-21(24(29-3)26(31-5)25(30-4)23(17)28-2)14-18-10-6-7-12-20(18)16-32-22-13-9-8-11-19(22)15-27/h6-13,15H,14,16H2,1-5H3. The minimum atomic E-state index is 0.326. The van der Waals surface area contributed by atoms with E-state index in [4.69, 9.17) is 23.7 Å². The topological polar surface area (TPSA) is 63.2 Å². The van der Waals surface area contributed by atoms with Crippen molar-refractivity contribution in [3.63, 3.8) is 0 Å². The van der Waals surface area contributed by atoms with E-state index in [1.807, 2.05) is 43.3 Å². The van der Waals surface area contributed by atoms with Crippen molar-refractivity contribution in [3.05, 3.63) is 76.3 Å². The minimum Gasteiger partial charge on any atom is -0.492 e. The molecule has 3 aromatic rings. The Morgan fingerprint density at radius 1 is 0.719 bits per heavy atom. The molecule has 0 N–H and O–H groups in total. The van der Waals surface area contributed by atoms with Crippen molar-refractivity contribution in [2.45, 2.75) is 20.0 Å². The Bertz CT molecular complexity index is 1090. The normalized spacial score (nSPS) is 10.4. The molecule has 0 saturated heterocycles. The van der Waals surface area contributed by atoms with Gasteiger partial charge < -0.3 is 23.7 Å². The smallest absolute Gasteiger partial charge is 0.207 e. The molecule has 3 rings (SSSR count). The molecule has 0 unspecified atom stereocenters. The zero-order valence-electron chi connectivity index (χ0n) is 19.1. The number of carbonyl (C=O) groups excluding carboxylic acids is 1. The van der Waals surface area contributed by atoms with Crippen LogP contribution in [-0.2, 0) is 13.0 Å². The number of aldehydes is 1. The van der Waals surface area contributed by atoms with E-state index < -0.39 is 0 Å². The van der Waals surface area contributed by atoms with Crippen molar-refractivity contribution in [3.8, 4) is 28.7 Å². The van der Waals surface area contributed by atoms with Crippen molar-refractivity contribution in [1.29, 1.82) is 0 Å². The van der Waals surface area contributed by atoms with Crippen LogP contribution in [0.2, 0.25) is 0 Å². The van der Waals surface area contributed by atoms with E-state index in [-0.39, 0.29) is 0 Å². The molecule has 6 nitrogen and oxygen atoms in total. The highest BCUT2D eigenvalue weighted by molar-refractivity contribution is 5.79. The summed E-state index contributed by atoms with van der Waals surface area (Å²) < 4.78 is 28.5. The Kier molecular flexibility index (Phi) is 7.60. The second-order valence-corrected chi connectivity index (χ2v) is 7.13. The molecule has 0 atom stereocenters. The molecule has 0 spiro atoms. The number of hydrogen-bond acceptors (Lipinski definition) is 6. The molecule has 0 heterocycles. The minimum absolute atomic E-state index is 0.326. The molecule has 0 bridgehead atoms. The Labute approximate surface area is 188 Å². The van der Waals surface area contributed by atoms with Crippen LogP contribution in [0.15, 0.2) is 48.5 Å². The van der Waals surface area contributed by atoms with Crippen molar-refractivity contribution in [2.75, 3.05) is 28.4 Å². The van der Waals surface area contributed by atoms with Crippen LogP contribution in [0.1, 0.15) is 32.6 Å². The lowest BCUT2D eigenvalue weighted by Gasteiger charge is -2.22. The number of benzene rings is 3. The molecule has 6 heteroatoms. The summed E-state index contributed by atoms with van der Waals surface area (Å²) in [6.07, 6.45) is 1.37. The number of ether oxygens (including phenoxy) is 5. The van der Waals surface area contributed by atoms with Crippen LogP contribution in [0.5, 0.6) is 28.7 Å². The van der Waals surface area contributed by atoms with Crippen LogP contribution < -0.4 is 23.7 Å². The highest BCUT2D eigenvalue weighted by Gasteiger charge is 2.25. The summed E-state index contributed by atoms with van der Waals surface area (Å²) in [5.41, 5.74) is 4.43. The zero-order chi connectivity index (χ0) is 23.1. The molecule has 0 radical (unpaired) electrons. The summed E-state index contributed by atoms with van der Waals surface area (Å²) in [4.78, 5) is 11.3. The monoisotopic (exact) mass is 436 g/mol. The molecule has 0 fully saturated rings. The van der Waals surface area contributed by atoms with Gasteiger partial charge in [-0.3, -0.25) is 4.79 Å². The van der Waals surface area contributed by atoms with E-state index in [2.05, 4.69) is 0 Å². The predicted octanol–water partition coefficient (Wildman–Crippen LogP) is 5.01. The molecule has 3 aromatic carbocycles. The van der Waals surface area contributed by atoms with Gasteiger partial charge in [-0.1, -0.05) is 36.4 Å². The van der Waals surface area contributed by atoms with E-state index in [1.54, 1.807) is 40.6 Å². The lowest BCUT2D eigenvalue weighted by molar-refractivity contribution is 0.111. The van der Waals surface area contributed by atoms with Crippen LogP contribution >= 0.6 is 0 Å². The quantitative estimate of drug-likeness (QED) is 0.416. The molecule has 0 aromatic heterocycles. The lowest BCUT2D eigenvalue weighted by atomic mass is 9.94. The highest BCUT2D eigenvalue weighted by atomic mass is 16.5. The van der Waals surface area contributed by atoms with Crippen LogP contribution in [0.25, 0.3) is 0 Å². The molecule has 0 saturated carbocycles. The number of hydrogen-bond donors (Lipinski definition) is 0. The first-order valence-corrected chi connectivity index (χ1v) is 10.2. The van der Waals surface area contributed by atoms with E-state index >= 15 is 0 Å². The third-order valence-corrected chi connectivity index (χ3v) is 5.42. The summed E-state index contributed by atoms with van der Waals surface area (Å²) in [6.45, 7) is 2.30. The van der Waals surface area contributed by atoms with Crippen molar-refractivity contribution >= 4 is 6.29 Å². The van der Waals surface area contributed by atoms with Crippen molar-refractivity contribution < 1.29 is 28.5 Å². The van der Waals surface area contributed by atoms with E-state index in [1.165, 1.54) is 0 Å². The Morgan fingerprint density at radius 2 is 1.28 bits per heavy atom. The first kappa shape index (κ1) is 23.0. The summed E-state index contributed by atoms with van der Waals surface area (Å²) in [7, 11) is 6.36. The molecular weight excluding hydrogens is 408 g/mol. The maximum Gasteiger partial charge on any atom is 0.207 e. The van der Waals surface area contributed by atoms with Gasteiger partial charge in [0.2, 0.25) is 11.5 Å². The number of rotatable bonds is 10. The average molecular weight is 437 g/mol. The maximum atomic E-state index is 11.3. The zero-order valence-corrected chi connectivity index (χ0v) is 19.1. The van der Waals surface area contributed by atoms with Crippen molar-refractivity contribution in [2.24, 2.45) is 0 Å². The largest absolute Gasteiger partial charge is 0.492 e. The maximum absolute atomic E-state index is 11.3. The van der Waals surface area contributed by atoms with Gasteiger partial charge in [-0.2, -0.15) is 0 Å². The summed E-state index contributed by atoms with van der Waals surface area (Å²) in [5, 5.41) is 0. The van der Waals surface area contributed by atoms with Gasteiger partial charge in [0.15, 0.2) is 17.8 Å². The average Bonchev–Trinajstić information content (AvgIpc) is 2.84. The van der Waals surface area contributed by atoms with Crippen molar-refractivity contribution in [1.82, 2.24) is 0 Å². The number of methoxy groups -OCH3 is 4. The van der Waals surface area contributed by atoms with Crippen LogP contribution in [0.3, 0.4) is 0 Å².